The van der Waals surface area contributed by atoms with E-state index < -0.39 is 11.9 Å². The van der Waals surface area contributed by atoms with Gasteiger partial charge in [0.2, 0.25) is 0 Å². The summed E-state index contributed by atoms with van der Waals surface area (Å²) >= 11 is 0. The number of nitrogen functional groups attached to an aromatic ring is 1. The van der Waals surface area contributed by atoms with E-state index in [9.17, 15) is 13.2 Å². The fourth-order valence-electron chi connectivity index (χ4n) is 4.56. The molecule has 1 spiro atoms. The summed E-state index contributed by atoms with van der Waals surface area (Å²) in [6.45, 7) is 17.4. The summed E-state index contributed by atoms with van der Waals surface area (Å²) in [5.41, 5.74) is 8.29. The van der Waals surface area contributed by atoms with E-state index >= 15 is 0 Å². The Balaban J connectivity index is 0.000000196. The normalized spacial score (nSPS) is 16.8. The minimum Gasteiger partial charge on any atom is -0.383 e. The molecular weight excluding hydrogens is 475 g/mol. The smallest absolute Gasteiger partial charge is 0.383 e. The van der Waals surface area contributed by atoms with Crippen LogP contribution in [0, 0.1) is 12.3 Å². The molecule has 2 aliphatic rings. The number of rotatable bonds is 4. The van der Waals surface area contributed by atoms with E-state index in [0.29, 0.717) is 11.5 Å². The number of aryl methyl sites for hydroxylation is 1. The van der Waals surface area contributed by atoms with Gasteiger partial charge >= 0.3 is 6.18 Å². The highest BCUT2D eigenvalue weighted by Crippen LogP contribution is 2.53. The molecule has 0 atom stereocenters. The van der Waals surface area contributed by atoms with Crippen molar-refractivity contribution in [3.8, 4) is 0 Å². The summed E-state index contributed by atoms with van der Waals surface area (Å²) in [7, 11) is 1.91. The number of nitrogens with zero attached hydrogens (tertiary/aromatic N) is 3. The highest BCUT2D eigenvalue weighted by Gasteiger charge is 2.44. The van der Waals surface area contributed by atoms with Crippen LogP contribution in [0.4, 0.5) is 24.8 Å². The van der Waals surface area contributed by atoms with Crippen molar-refractivity contribution in [3.63, 3.8) is 0 Å². The number of likely N-dealkylation sites (tertiary alicyclic amines) is 1. The van der Waals surface area contributed by atoms with Gasteiger partial charge in [0.15, 0.2) is 0 Å². The lowest BCUT2D eigenvalue weighted by Crippen LogP contribution is -2.38. The van der Waals surface area contributed by atoms with E-state index in [0.717, 1.165) is 29.0 Å². The predicted molar refractivity (Wildman–Crippen MR) is 148 cm³/mol. The monoisotopic (exact) mass is 521 g/mol. The molecule has 5 nitrogen and oxygen atoms in total. The summed E-state index contributed by atoms with van der Waals surface area (Å²) in [6, 6.07) is 7.28. The summed E-state index contributed by atoms with van der Waals surface area (Å²) in [4.78, 5) is 10.3. The number of piperidine rings is 1. The third-order valence-corrected chi connectivity index (χ3v) is 7.34. The van der Waals surface area contributed by atoms with Crippen molar-refractivity contribution >= 4 is 11.6 Å². The molecule has 37 heavy (non-hydrogen) atoms. The van der Waals surface area contributed by atoms with Gasteiger partial charge < -0.3 is 16.0 Å². The van der Waals surface area contributed by atoms with Gasteiger partial charge in [0.05, 0.1) is 0 Å². The lowest BCUT2D eigenvalue weighted by atomic mass is 9.93. The summed E-state index contributed by atoms with van der Waals surface area (Å²) in [5.74, 6) is 1.56. The number of hydrogen-bond acceptors (Lipinski definition) is 5. The SMILES string of the molecule is CC(C)N1CCC2(CC1)CC2.CC(C)c1ccc(C(F)(F)F)nc1N.CNc1nc(C)ccc1C(C)C. The maximum absolute atomic E-state index is 12.2. The third kappa shape index (κ3) is 9.16. The van der Waals surface area contributed by atoms with Crippen LogP contribution in [0.3, 0.4) is 0 Å². The zero-order valence-electron chi connectivity index (χ0n) is 23.8. The quantitative estimate of drug-likeness (QED) is 0.433. The van der Waals surface area contributed by atoms with Gasteiger partial charge in [-0.3, -0.25) is 0 Å². The summed E-state index contributed by atoms with van der Waals surface area (Å²) < 4.78 is 36.5. The standard InChI is InChI=1S/C10H16N2.C10H19N.C9H11F3N2/c1-7(2)9-6-5-8(3)12-10(9)11-4;1-9(2)11-7-5-10(3-4-10)6-8-11;1-5(2)6-3-4-7(9(10,11)12)14-8(6)13/h5-7H,1-4H3,(H,11,12);9H,3-8H2,1-2H3;3-5H,1-2H3,(H2,13,14). The first-order valence-electron chi connectivity index (χ1n) is 13.4. The molecule has 0 bridgehead atoms. The molecule has 0 aromatic carbocycles. The first-order chi connectivity index (χ1) is 17.2. The molecule has 2 aromatic heterocycles. The molecule has 1 aliphatic heterocycles. The Bertz CT molecular complexity index is 988. The second-order valence-electron chi connectivity index (χ2n) is 11.2. The van der Waals surface area contributed by atoms with Gasteiger partial charge in [0.25, 0.3) is 0 Å². The zero-order valence-corrected chi connectivity index (χ0v) is 23.8. The van der Waals surface area contributed by atoms with Crippen molar-refractivity contribution in [1.29, 1.82) is 0 Å². The largest absolute Gasteiger partial charge is 0.433 e. The number of hydrogen-bond donors (Lipinski definition) is 2. The molecule has 4 rings (SSSR count). The minimum atomic E-state index is -4.43. The molecule has 3 N–H and O–H groups in total. The number of aromatic nitrogens is 2. The first kappa shape index (κ1) is 30.9. The van der Waals surface area contributed by atoms with Gasteiger partial charge in [-0.25, -0.2) is 9.97 Å². The summed E-state index contributed by atoms with van der Waals surface area (Å²) in [6.07, 6.45) is 1.58. The maximum Gasteiger partial charge on any atom is 0.433 e. The first-order valence-corrected chi connectivity index (χ1v) is 13.4. The van der Waals surface area contributed by atoms with E-state index in [1.54, 1.807) is 0 Å². The molecule has 1 aliphatic carbocycles. The van der Waals surface area contributed by atoms with Crippen molar-refractivity contribution in [3.05, 3.63) is 46.8 Å². The van der Waals surface area contributed by atoms with Crippen LogP contribution in [0.5, 0.6) is 0 Å². The Kier molecular flexibility index (Phi) is 10.8. The highest BCUT2D eigenvalue weighted by molar-refractivity contribution is 5.46. The molecule has 0 amide bonds. The lowest BCUT2D eigenvalue weighted by Gasteiger charge is -2.34. The van der Waals surface area contributed by atoms with Gasteiger partial charge in [-0.15, -0.1) is 0 Å². The van der Waals surface area contributed by atoms with Crippen LogP contribution in [0.15, 0.2) is 24.3 Å². The molecule has 1 saturated heterocycles. The number of halogens is 3. The summed E-state index contributed by atoms with van der Waals surface area (Å²) in [5, 5.41) is 3.11. The molecule has 2 aromatic rings. The molecule has 0 radical (unpaired) electrons. The number of alkyl halides is 3. The average Bonchev–Trinajstić information content (AvgIpc) is 3.57. The third-order valence-electron chi connectivity index (χ3n) is 7.34. The molecule has 3 heterocycles. The Hall–Kier alpha value is -2.35. The topological polar surface area (TPSA) is 67.1 Å². The van der Waals surface area contributed by atoms with E-state index in [4.69, 9.17) is 5.73 Å². The van der Waals surface area contributed by atoms with Crippen molar-refractivity contribution in [2.45, 2.75) is 98.2 Å². The van der Waals surface area contributed by atoms with Gasteiger partial charge in [-0.2, -0.15) is 13.2 Å². The predicted octanol–water partition coefficient (Wildman–Crippen LogP) is 7.63. The lowest BCUT2D eigenvalue weighted by molar-refractivity contribution is -0.141. The fourth-order valence-corrected chi connectivity index (χ4v) is 4.56. The fraction of sp³-hybridized carbons (Fsp3) is 0.655. The van der Waals surface area contributed by atoms with Crippen LogP contribution in [0.1, 0.15) is 102 Å². The molecule has 8 heteroatoms. The van der Waals surface area contributed by atoms with Crippen molar-refractivity contribution < 1.29 is 13.2 Å². The van der Waals surface area contributed by atoms with Crippen molar-refractivity contribution in [1.82, 2.24) is 14.9 Å². The van der Waals surface area contributed by atoms with Gasteiger partial charge in [-0.1, -0.05) is 39.8 Å². The Morgan fingerprint density at radius 1 is 0.865 bits per heavy atom. The minimum absolute atomic E-state index is 0.0465. The average molecular weight is 522 g/mol. The molecular formula is C29H46F3N5. The number of nitrogens with one attached hydrogen (secondary N) is 1. The highest BCUT2D eigenvalue weighted by atomic mass is 19.4. The second kappa shape index (κ2) is 12.9. The number of pyridine rings is 2. The second-order valence-corrected chi connectivity index (χ2v) is 11.2. The van der Waals surface area contributed by atoms with Gasteiger partial charge in [0, 0.05) is 18.8 Å². The Morgan fingerprint density at radius 3 is 1.81 bits per heavy atom. The van der Waals surface area contributed by atoms with Gasteiger partial charge in [-0.05, 0) is 100 Å². The Morgan fingerprint density at radius 2 is 1.41 bits per heavy atom. The number of anilines is 2. The maximum atomic E-state index is 12.2. The van der Waals surface area contributed by atoms with Crippen LogP contribution >= 0.6 is 0 Å². The van der Waals surface area contributed by atoms with Crippen LogP contribution in [0.25, 0.3) is 0 Å². The Labute approximate surface area is 221 Å². The molecule has 208 valence electrons. The van der Waals surface area contributed by atoms with Crippen molar-refractivity contribution in [2.24, 2.45) is 5.41 Å². The molecule has 1 saturated carbocycles. The van der Waals surface area contributed by atoms with Crippen LogP contribution in [-0.4, -0.2) is 41.0 Å². The van der Waals surface area contributed by atoms with Crippen LogP contribution in [0.2, 0.25) is 0 Å². The van der Waals surface area contributed by atoms with E-state index in [-0.39, 0.29) is 11.7 Å². The number of nitrogens with two attached hydrogens (primary N) is 1. The molecule has 0 unspecified atom stereocenters. The van der Waals surface area contributed by atoms with Crippen LogP contribution < -0.4 is 11.1 Å². The zero-order chi connectivity index (χ0) is 28.0. The molecule has 2 fully saturated rings. The van der Waals surface area contributed by atoms with E-state index in [2.05, 4.69) is 60.0 Å². The van der Waals surface area contributed by atoms with Crippen LogP contribution in [-0.2, 0) is 6.18 Å². The van der Waals surface area contributed by atoms with E-state index in [1.165, 1.54) is 50.4 Å². The van der Waals surface area contributed by atoms with Crippen molar-refractivity contribution in [2.75, 3.05) is 31.2 Å². The van der Waals surface area contributed by atoms with E-state index in [1.807, 2.05) is 27.8 Å². The van der Waals surface area contributed by atoms with Gasteiger partial charge in [0.1, 0.15) is 17.3 Å².